The fourth-order valence-electron chi connectivity index (χ4n) is 0.863. The van der Waals surface area contributed by atoms with Gasteiger partial charge >= 0.3 is 5.97 Å². The molecule has 0 aliphatic rings. The molecule has 0 rings (SSSR count). The topological polar surface area (TPSA) is 26.3 Å². The van der Waals surface area contributed by atoms with Gasteiger partial charge in [0.1, 0.15) is 0 Å². The van der Waals surface area contributed by atoms with E-state index in [0.717, 1.165) is 6.42 Å². The largest absolute Gasteiger partial charge is 0.466 e. The smallest absolute Gasteiger partial charge is 0.313 e. The number of hydrogen-bond donors (Lipinski definition) is 0. The molecule has 1 unspecified atom stereocenters. The van der Waals surface area contributed by atoms with Crippen molar-refractivity contribution in [3.8, 4) is 0 Å². The standard InChI is InChI=1S/C8H14O2S/c1-4-7(6(3)11)8(9)10-5-2/h7H,4-5H2,1-3H3. The van der Waals surface area contributed by atoms with E-state index in [4.69, 9.17) is 17.0 Å². The predicted molar refractivity (Wildman–Crippen MR) is 48.7 cm³/mol. The molecule has 0 amide bonds. The van der Waals surface area contributed by atoms with Crippen molar-refractivity contribution in [1.29, 1.82) is 0 Å². The highest BCUT2D eigenvalue weighted by Crippen LogP contribution is 2.07. The van der Waals surface area contributed by atoms with Gasteiger partial charge in [0, 0.05) is 4.86 Å². The molecule has 0 aromatic heterocycles. The maximum absolute atomic E-state index is 11.1. The number of hydrogen-bond acceptors (Lipinski definition) is 3. The Kier molecular flexibility index (Phi) is 5.03. The van der Waals surface area contributed by atoms with Crippen LogP contribution in [0.25, 0.3) is 0 Å². The summed E-state index contributed by atoms with van der Waals surface area (Å²) in [4.78, 5) is 11.8. The maximum atomic E-state index is 11.1. The normalized spacial score (nSPS) is 12.3. The molecule has 0 fully saturated rings. The Balaban J connectivity index is 4.03. The summed E-state index contributed by atoms with van der Waals surface area (Å²) in [6.07, 6.45) is 0.730. The van der Waals surface area contributed by atoms with E-state index in [2.05, 4.69) is 0 Å². The monoisotopic (exact) mass is 174 g/mol. The summed E-state index contributed by atoms with van der Waals surface area (Å²) in [7, 11) is 0. The van der Waals surface area contributed by atoms with E-state index >= 15 is 0 Å². The highest BCUT2D eigenvalue weighted by Gasteiger charge is 2.18. The van der Waals surface area contributed by atoms with Crippen molar-refractivity contribution in [3.05, 3.63) is 0 Å². The predicted octanol–water partition coefficient (Wildman–Crippen LogP) is 1.97. The molecule has 11 heavy (non-hydrogen) atoms. The third kappa shape index (κ3) is 3.46. The van der Waals surface area contributed by atoms with Gasteiger partial charge in [-0.05, 0) is 20.3 Å². The van der Waals surface area contributed by atoms with Crippen molar-refractivity contribution in [2.45, 2.75) is 27.2 Å². The lowest BCUT2D eigenvalue weighted by molar-refractivity contribution is -0.145. The first-order valence-electron chi connectivity index (χ1n) is 3.80. The molecule has 0 N–H and O–H groups in total. The SMILES string of the molecule is CCOC(=O)C(CC)C(C)=S. The van der Waals surface area contributed by atoms with Gasteiger partial charge in [0.25, 0.3) is 0 Å². The van der Waals surface area contributed by atoms with Crippen LogP contribution in [0.4, 0.5) is 0 Å². The van der Waals surface area contributed by atoms with Gasteiger partial charge in [-0.3, -0.25) is 4.79 Å². The average Bonchev–Trinajstić information content (AvgIpc) is 1.88. The zero-order valence-corrected chi connectivity index (χ0v) is 8.03. The Morgan fingerprint density at radius 2 is 2.09 bits per heavy atom. The van der Waals surface area contributed by atoms with Crippen LogP contribution in [0.5, 0.6) is 0 Å². The maximum Gasteiger partial charge on any atom is 0.313 e. The first-order chi connectivity index (χ1) is 5.13. The highest BCUT2D eigenvalue weighted by molar-refractivity contribution is 7.80. The van der Waals surface area contributed by atoms with Crippen molar-refractivity contribution >= 4 is 23.1 Å². The molecule has 0 aliphatic carbocycles. The quantitative estimate of drug-likeness (QED) is 0.481. The van der Waals surface area contributed by atoms with Crippen LogP contribution in [0.1, 0.15) is 27.2 Å². The van der Waals surface area contributed by atoms with E-state index in [1.807, 2.05) is 6.92 Å². The molecule has 0 radical (unpaired) electrons. The highest BCUT2D eigenvalue weighted by atomic mass is 32.1. The molecule has 0 saturated heterocycles. The Morgan fingerprint density at radius 1 is 1.55 bits per heavy atom. The number of rotatable bonds is 4. The van der Waals surface area contributed by atoms with Crippen molar-refractivity contribution in [2.75, 3.05) is 6.61 Å². The number of thiocarbonyl (C=S) groups is 1. The zero-order chi connectivity index (χ0) is 8.85. The zero-order valence-electron chi connectivity index (χ0n) is 7.22. The van der Waals surface area contributed by atoms with Gasteiger partial charge in [-0.25, -0.2) is 0 Å². The number of ether oxygens (including phenoxy) is 1. The summed E-state index contributed by atoms with van der Waals surface area (Å²) in [6, 6.07) is 0. The van der Waals surface area contributed by atoms with Crippen LogP contribution in [0.2, 0.25) is 0 Å². The average molecular weight is 174 g/mol. The van der Waals surface area contributed by atoms with Crippen LogP contribution in [0.15, 0.2) is 0 Å². The molecule has 0 saturated carbocycles. The van der Waals surface area contributed by atoms with E-state index in [1.54, 1.807) is 13.8 Å². The van der Waals surface area contributed by atoms with Gasteiger partial charge < -0.3 is 4.74 Å². The summed E-state index contributed by atoms with van der Waals surface area (Å²) in [5, 5.41) is 0. The van der Waals surface area contributed by atoms with E-state index in [9.17, 15) is 4.79 Å². The molecule has 0 aliphatic heterocycles. The van der Waals surface area contributed by atoms with Crippen LogP contribution >= 0.6 is 12.2 Å². The molecule has 0 spiro atoms. The fraction of sp³-hybridized carbons (Fsp3) is 0.750. The summed E-state index contributed by atoms with van der Waals surface area (Å²) in [6.45, 7) is 5.93. The minimum Gasteiger partial charge on any atom is -0.466 e. The van der Waals surface area contributed by atoms with Crippen molar-refractivity contribution < 1.29 is 9.53 Å². The Bertz CT molecular complexity index is 154. The van der Waals surface area contributed by atoms with Gasteiger partial charge in [0.2, 0.25) is 0 Å². The molecular weight excluding hydrogens is 160 g/mol. The van der Waals surface area contributed by atoms with Crippen LogP contribution in [-0.4, -0.2) is 17.4 Å². The number of esters is 1. The molecule has 1 atom stereocenters. The van der Waals surface area contributed by atoms with E-state index in [-0.39, 0.29) is 11.9 Å². The lowest BCUT2D eigenvalue weighted by Crippen LogP contribution is -2.22. The third-order valence-corrected chi connectivity index (χ3v) is 1.75. The van der Waals surface area contributed by atoms with E-state index < -0.39 is 0 Å². The Labute approximate surface area is 72.9 Å². The van der Waals surface area contributed by atoms with Crippen LogP contribution in [0, 0.1) is 5.92 Å². The lowest BCUT2D eigenvalue weighted by atomic mass is 10.0. The second kappa shape index (κ2) is 5.24. The molecule has 2 nitrogen and oxygen atoms in total. The third-order valence-electron chi connectivity index (χ3n) is 1.47. The van der Waals surface area contributed by atoms with Gasteiger partial charge in [0.15, 0.2) is 0 Å². The first kappa shape index (κ1) is 10.6. The molecule has 0 bridgehead atoms. The molecule has 3 heteroatoms. The van der Waals surface area contributed by atoms with E-state index in [0.29, 0.717) is 11.5 Å². The summed E-state index contributed by atoms with van der Waals surface area (Å²) < 4.78 is 4.83. The van der Waals surface area contributed by atoms with Crippen LogP contribution in [0.3, 0.4) is 0 Å². The van der Waals surface area contributed by atoms with Crippen LogP contribution < -0.4 is 0 Å². The Morgan fingerprint density at radius 3 is 2.36 bits per heavy atom. The van der Waals surface area contributed by atoms with Gasteiger partial charge in [-0.1, -0.05) is 19.1 Å². The van der Waals surface area contributed by atoms with Crippen LogP contribution in [-0.2, 0) is 9.53 Å². The molecule has 0 heterocycles. The van der Waals surface area contributed by atoms with Gasteiger partial charge in [0.05, 0.1) is 12.5 Å². The second-order valence-electron chi connectivity index (χ2n) is 2.32. The summed E-state index contributed by atoms with van der Waals surface area (Å²) >= 11 is 4.91. The summed E-state index contributed by atoms with van der Waals surface area (Å²) in [5.41, 5.74) is 0. The Hall–Kier alpha value is -0.440. The van der Waals surface area contributed by atoms with Crippen molar-refractivity contribution in [1.82, 2.24) is 0 Å². The second-order valence-corrected chi connectivity index (χ2v) is 2.97. The molecule has 0 aromatic rings. The van der Waals surface area contributed by atoms with Crippen molar-refractivity contribution in [3.63, 3.8) is 0 Å². The minimum absolute atomic E-state index is 0.190. The minimum atomic E-state index is -0.192. The molecule has 64 valence electrons. The van der Waals surface area contributed by atoms with Gasteiger partial charge in [-0.15, -0.1) is 0 Å². The lowest BCUT2D eigenvalue weighted by Gasteiger charge is -2.10. The number of carbonyl (C=O) groups is 1. The first-order valence-corrected chi connectivity index (χ1v) is 4.21. The van der Waals surface area contributed by atoms with Gasteiger partial charge in [-0.2, -0.15) is 0 Å². The summed E-state index contributed by atoms with van der Waals surface area (Å²) in [5.74, 6) is -0.382. The fourth-order valence-corrected chi connectivity index (χ4v) is 1.13. The van der Waals surface area contributed by atoms with Crippen molar-refractivity contribution in [2.24, 2.45) is 5.92 Å². The number of carbonyl (C=O) groups excluding carboxylic acids is 1. The molecule has 0 aromatic carbocycles. The molecular formula is C8H14O2S. The van der Waals surface area contributed by atoms with E-state index in [1.165, 1.54) is 0 Å².